The predicted octanol–water partition coefficient (Wildman–Crippen LogP) is 0.554. The van der Waals surface area contributed by atoms with Gasteiger partial charge in [-0.05, 0) is 13.0 Å². The van der Waals surface area contributed by atoms with Gasteiger partial charge in [0.1, 0.15) is 0 Å². The highest BCUT2D eigenvalue weighted by Crippen LogP contribution is 2.14. The molecule has 0 saturated carbocycles. The van der Waals surface area contributed by atoms with E-state index in [9.17, 15) is 4.79 Å². The van der Waals surface area contributed by atoms with Gasteiger partial charge in [-0.25, -0.2) is 0 Å². The molecule has 0 bridgehead atoms. The van der Waals surface area contributed by atoms with Crippen molar-refractivity contribution in [3.63, 3.8) is 0 Å². The molecule has 5 heteroatoms. The number of likely N-dealkylation sites (N-methyl/N-ethyl adjacent to an activating group) is 1. The molecule has 1 aromatic rings. The molecule has 0 unspecified atom stereocenters. The van der Waals surface area contributed by atoms with E-state index in [1.165, 1.54) is 0 Å². The molecule has 0 atom stereocenters. The largest absolute Gasteiger partial charge is 0.396 e. The second-order valence-electron chi connectivity index (χ2n) is 3.22. The third-order valence-corrected chi connectivity index (χ3v) is 2.18. The summed E-state index contributed by atoms with van der Waals surface area (Å²) < 4.78 is 0. The maximum atomic E-state index is 11.5. The van der Waals surface area contributed by atoms with Crippen molar-refractivity contribution in [1.29, 1.82) is 0 Å². The van der Waals surface area contributed by atoms with Crippen LogP contribution in [-0.4, -0.2) is 35.9 Å². The van der Waals surface area contributed by atoms with E-state index in [1.807, 2.05) is 6.92 Å². The molecule has 0 aliphatic heterocycles. The van der Waals surface area contributed by atoms with Crippen LogP contribution in [0.4, 0.5) is 11.4 Å². The Balaban J connectivity index is 2.51. The molecule has 3 N–H and O–H groups in total. The Hall–Kier alpha value is -1.78. The van der Waals surface area contributed by atoms with Gasteiger partial charge in [0.25, 0.3) is 0 Å². The minimum atomic E-state index is 0.0358. The van der Waals surface area contributed by atoms with Crippen molar-refractivity contribution >= 4 is 17.3 Å². The van der Waals surface area contributed by atoms with Crippen LogP contribution in [0.1, 0.15) is 6.92 Å². The number of nitrogen functional groups attached to an aromatic ring is 1. The minimum absolute atomic E-state index is 0.0358. The molecule has 0 saturated heterocycles. The van der Waals surface area contributed by atoms with Crippen molar-refractivity contribution in [3.8, 4) is 0 Å². The molecule has 0 spiro atoms. The lowest BCUT2D eigenvalue weighted by Crippen LogP contribution is -2.32. The van der Waals surface area contributed by atoms with E-state index in [0.29, 0.717) is 12.2 Å². The Morgan fingerprint density at radius 3 is 3.00 bits per heavy atom. The number of hydrogen-bond donors (Lipinski definition) is 2. The van der Waals surface area contributed by atoms with Gasteiger partial charge in [0, 0.05) is 19.8 Å². The SMILES string of the molecule is CCN(C)C(=O)CNc1ccncc1N. The van der Waals surface area contributed by atoms with Crippen LogP contribution in [-0.2, 0) is 4.79 Å². The van der Waals surface area contributed by atoms with Gasteiger partial charge in [-0.15, -0.1) is 0 Å². The fourth-order valence-electron chi connectivity index (χ4n) is 1.05. The molecule has 15 heavy (non-hydrogen) atoms. The molecule has 0 aliphatic rings. The van der Waals surface area contributed by atoms with Crippen molar-refractivity contribution in [2.75, 3.05) is 31.2 Å². The second kappa shape index (κ2) is 5.19. The lowest BCUT2D eigenvalue weighted by molar-refractivity contribution is -0.127. The minimum Gasteiger partial charge on any atom is -0.396 e. The van der Waals surface area contributed by atoms with Crippen LogP contribution in [0.15, 0.2) is 18.5 Å². The number of anilines is 2. The third-order valence-electron chi connectivity index (χ3n) is 2.18. The molecule has 1 amide bonds. The van der Waals surface area contributed by atoms with E-state index >= 15 is 0 Å². The first kappa shape index (κ1) is 11.3. The number of nitrogens with zero attached hydrogens (tertiary/aromatic N) is 2. The first-order valence-electron chi connectivity index (χ1n) is 4.82. The van der Waals surface area contributed by atoms with Crippen LogP contribution in [0.5, 0.6) is 0 Å². The number of carbonyl (C=O) groups is 1. The molecule has 0 aliphatic carbocycles. The summed E-state index contributed by atoms with van der Waals surface area (Å²) in [6.45, 7) is 2.88. The van der Waals surface area contributed by atoms with Gasteiger partial charge in [0.15, 0.2) is 0 Å². The summed E-state index contributed by atoms with van der Waals surface area (Å²) in [5.74, 6) is 0.0358. The Bertz CT molecular complexity index is 340. The molecule has 1 heterocycles. The van der Waals surface area contributed by atoms with Crippen LogP contribution in [0.3, 0.4) is 0 Å². The zero-order valence-corrected chi connectivity index (χ0v) is 9.03. The Kier molecular flexibility index (Phi) is 3.91. The topological polar surface area (TPSA) is 71.2 Å². The zero-order chi connectivity index (χ0) is 11.3. The van der Waals surface area contributed by atoms with Gasteiger partial charge >= 0.3 is 0 Å². The summed E-state index contributed by atoms with van der Waals surface area (Å²) in [5.41, 5.74) is 6.95. The molecule has 82 valence electrons. The summed E-state index contributed by atoms with van der Waals surface area (Å²) in [5, 5.41) is 2.97. The average Bonchev–Trinajstić information content (AvgIpc) is 2.26. The summed E-state index contributed by atoms with van der Waals surface area (Å²) in [4.78, 5) is 17.0. The maximum absolute atomic E-state index is 11.5. The number of carbonyl (C=O) groups excluding carboxylic acids is 1. The van der Waals surface area contributed by atoms with E-state index in [2.05, 4.69) is 10.3 Å². The smallest absolute Gasteiger partial charge is 0.241 e. The van der Waals surface area contributed by atoms with E-state index in [4.69, 9.17) is 5.73 Å². The molecular weight excluding hydrogens is 192 g/mol. The first-order chi connectivity index (χ1) is 7.15. The number of nitrogens with one attached hydrogen (secondary N) is 1. The molecule has 0 fully saturated rings. The van der Waals surface area contributed by atoms with Crippen molar-refractivity contribution < 1.29 is 4.79 Å². The quantitative estimate of drug-likeness (QED) is 0.758. The van der Waals surface area contributed by atoms with Gasteiger partial charge < -0.3 is 16.0 Å². The van der Waals surface area contributed by atoms with Crippen LogP contribution in [0.2, 0.25) is 0 Å². The lowest BCUT2D eigenvalue weighted by Gasteiger charge is -2.15. The summed E-state index contributed by atoms with van der Waals surface area (Å²) >= 11 is 0. The molecule has 0 aromatic carbocycles. The highest BCUT2D eigenvalue weighted by molar-refractivity contribution is 5.81. The highest BCUT2D eigenvalue weighted by atomic mass is 16.2. The van der Waals surface area contributed by atoms with E-state index < -0.39 is 0 Å². The third kappa shape index (κ3) is 3.12. The van der Waals surface area contributed by atoms with Crippen molar-refractivity contribution in [3.05, 3.63) is 18.5 Å². The van der Waals surface area contributed by atoms with Gasteiger partial charge in [-0.2, -0.15) is 0 Å². The molecule has 1 aromatic heterocycles. The Morgan fingerprint density at radius 1 is 1.67 bits per heavy atom. The molecule has 1 rings (SSSR count). The van der Waals surface area contributed by atoms with Gasteiger partial charge in [-0.3, -0.25) is 9.78 Å². The molecule has 5 nitrogen and oxygen atoms in total. The Labute approximate surface area is 89.3 Å². The number of pyridine rings is 1. The van der Waals surface area contributed by atoms with E-state index in [1.54, 1.807) is 30.4 Å². The Morgan fingerprint density at radius 2 is 2.40 bits per heavy atom. The van der Waals surface area contributed by atoms with Gasteiger partial charge in [0.05, 0.1) is 24.1 Å². The van der Waals surface area contributed by atoms with Crippen molar-refractivity contribution in [2.24, 2.45) is 0 Å². The molecule has 0 radical (unpaired) electrons. The second-order valence-corrected chi connectivity index (χ2v) is 3.22. The fraction of sp³-hybridized carbons (Fsp3) is 0.400. The number of hydrogen-bond acceptors (Lipinski definition) is 4. The standard InChI is InChI=1S/C10H16N4O/c1-3-14(2)10(15)7-13-9-4-5-12-6-8(9)11/h4-6H,3,7,11H2,1-2H3,(H,12,13). The average molecular weight is 208 g/mol. The normalized spacial score (nSPS) is 9.73. The van der Waals surface area contributed by atoms with Crippen LogP contribution in [0.25, 0.3) is 0 Å². The maximum Gasteiger partial charge on any atom is 0.241 e. The van der Waals surface area contributed by atoms with Gasteiger partial charge in [-0.1, -0.05) is 0 Å². The fourth-order valence-corrected chi connectivity index (χ4v) is 1.05. The van der Waals surface area contributed by atoms with E-state index in [0.717, 1.165) is 5.69 Å². The van der Waals surface area contributed by atoms with E-state index in [-0.39, 0.29) is 12.5 Å². The highest BCUT2D eigenvalue weighted by Gasteiger charge is 2.06. The van der Waals surface area contributed by atoms with Crippen molar-refractivity contribution in [2.45, 2.75) is 6.92 Å². The number of rotatable bonds is 4. The van der Waals surface area contributed by atoms with Crippen LogP contribution >= 0.6 is 0 Å². The van der Waals surface area contributed by atoms with Crippen molar-refractivity contribution in [1.82, 2.24) is 9.88 Å². The lowest BCUT2D eigenvalue weighted by atomic mass is 10.3. The first-order valence-corrected chi connectivity index (χ1v) is 4.82. The van der Waals surface area contributed by atoms with Crippen LogP contribution < -0.4 is 11.1 Å². The number of aromatic nitrogens is 1. The predicted molar refractivity (Wildman–Crippen MR) is 60.5 cm³/mol. The number of nitrogens with two attached hydrogens (primary N) is 1. The summed E-state index contributed by atoms with van der Waals surface area (Å²) in [6, 6.07) is 1.74. The van der Waals surface area contributed by atoms with Crippen LogP contribution in [0, 0.1) is 0 Å². The zero-order valence-electron chi connectivity index (χ0n) is 9.03. The monoisotopic (exact) mass is 208 g/mol. The van der Waals surface area contributed by atoms with Gasteiger partial charge in [0.2, 0.25) is 5.91 Å². The molecular formula is C10H16N4O. The number of amides is 1. The summed E-state index contributed by atoms with van der Waals surface area (Å²) in [7, 11) is 1.76. The summed E-state index contributed by atoms with van der Waals surface area (Å²) in [6.07, 6.45) is 3.18.